The Morgan fingerprint density at radius 1 is 1.19 bits per heavy atom. The number of aryl methyl sites for hydroxylation is 1. The van der Waals surface area contributed by atoms with Gasteiger partial charge in [0.25, 0.3) is 0 Å². The van der Waals surface area contributed by atoms with E-state index < -0.39 is 0 Å². The first-order valence-electron chi connectivity index (χ1n) is 6.27. The molecule has 0 N–H and O–H groups in total. The summed E-state index contributed by atoms with van der Waals surface area (Å²) in [6, 6.07) is 7.64. The first kappa shape index (κ1) is 13.6. The molecule has 0 saturated carbocycles. The molecular formula is C15H11BrN4O. The van der Waals surface area contributed by atoms with Crippen LogP contribution in [0, 0.1) is 6.92 Å². The average molecular weight is 343 g/mol. The van der Waals surface area contributed by atoms with E-state index in [1.807, 2.05) is 25.1 Å². The Balaban J connectivity index is 2.14. The Kier molecular flexibility index (Phi) is 3.62. The van der Waals surface area contributed by atoms with Crippen LogP contribution in [0.2, 0.25) is 0 Å². The molecular weight excluding hydrogens is 332 g/mol. The molecule has 3 aromatic rings. The minimum Gasteiger partial charge on any atom is -0.298 e. The SMILES string of the molecule is Cc1cc(Br)cc(-c2nn(-c3ncccn3)cc2C=O)c1. The minimum absolute atomic E-state index is 0.429. The average Bonchev–Trinajstić information content (AvgIpc) is 2.91. The highest BCUT2D eigenvalue weighted by molar-refractivity contribution is 9.10. The molecule has 0 bridgehead atoms. The lowest BCUT2D eigenvalue weighted by Crippen LogP contribution is -2.00. The summed E-state index contributed by atoms with van der Waals surface area (Å²) < 4.78 is 2.45. The van der Waals surface area contributed by atoms with E-state index in [-0.39, 0.29) is 0 Å². The lowest BCUT2D eigenvalue weighted by atomic mass is 10.1. The van der Waals surface area contributed by atoms with Gasteiger partial charge in [-0.3, -0.25) is 4.79 Å². The van der Waals surface area contributed by atoms with Gasteiger partial charge in [0.05, 0.1) is 5.56 Å². The van der Waals surface area contributed by atoms with Crippen LogP contribution in [-0.4, -0.2) is 26.0 Å². The van der Waals surface area contributed by atoms with Gasteiger partial charge in [-0.15, -0.1) is 0 Å². The quantitative estimate of drug-likeness (QED) is 0.685. The van der Waals surface area contributed by atoms with Crippen molar-refractivity contribution >= 4 is 22.2 Å². The Morgan fingerprint density at radius 2 is 1.95 bits per heavy atom. The summed E-state index contributed by atoms with van der Waals surface area (Å²) in [6.07, 6.45) is 5.69. The molecule has 5 nitrogen and oxygen atoms in total. The molecule has 0 amide bonds. The lowest BCUT2D eigenvalue weighted by molar-refractivity contribution is 0.112. The smallest absolute Gasteiger partial charge is 0.250 e. The summed E-state index contributed by atoms with van der Waals surface area (Å²) >= 11 is 3.46. The minimum atomic E-state index is 0.429. The van der Waals surface area contributed by atoms with Crippen molar-refractivity contribution in [1.82, 2.24) is 19.7 Å². The van der Waals surface area contributed by atoms with Crippen molar-refractivity contribution in [2.24, 2.45) is 0 Å². The number of benzene rings is 1. The molecule has 0 atom stereocenters. The maximum atomic E-state index is 11.3. The van der Waals surface area contributed by atoms with E-state index in [2.05, 4.69) is 31.0 Å². The van der Waals surface area contributed by atoms with Crippen molar-refractivity contribution in [1.29, 1.82) is 0 Å². The van der Waals surface area contributed by atoms with E-state index in [0.29, 0.717) is 17.2 Å². The van der Waals surface area contributed by atoms with E-state index in [1.54, 1.807) is 24.7 Å². The molecule has 0 aliphatic carbocycles. The Bertz CT molecular complexity index is 778. The van der Waals surface area contributed by atoms with Crippen molar-refractivity contribution < 1.29 is 4.79 Å². The standard InChI is InChI=1S/C15H11BrN4O/c1-10-5-11(7-13(16)6-10)14-12(9-21)8-20(19-14)15-17-3-2-4-18-15/h2-9H,1H3. The van der Waals surface area contributed by atoms with E-state index >= 15 is 0 Å². The van der Waals surface area contributed by atoms with Crippen LogP contribution in [0.3, 0.4) is 0 Å². The topological polar surface area (TPSA) is 60.7 Å². The lowest BCUT2D eigenvalue weighted by Gasteiger charge is -2.02. The van der Waals surface area contributed by atoms with Crippen molar-refractivity contribution in [3.63, 3.8) is 0 Å². The largest absolute Gasteiger partial charge is 0.298 e. The third-order valence-corrected chi connectivity index (χ3v) is 3.40. The van der Waals surface area contributed by atoms with Crippen molar-refractivity contribution in [2.45, 2.75) is 6.92 Å². The second-order valence-electron chi connectivity index (χ2n) is 4.56. The third kappa shape index (κ3) is 2.75. The van der Waals surface area contributed by atoms with Gasteiger partial charge in [-0.2, -0.15) is 5.10 Å². The molecule has 3 rings (SSSR count). The summed E-state index contributed by atoms with van der Waals surface area (Å²) in [5.41, 5.74) is 3.07. The number of aldehydes is 1. The van der Waals surface area contributed by atoms with E-state index in [1.165, 1.54) is 4.68 Å². The van der Waals surface area contributed by atoms with Gasteiger partial charge in [-0.25, -0.2) is 14.6 Å². The summed E-state index contributed by atoms with van der Waals surface area (Å²) in [6.45, 7) is 1.99. The zero-order valence-corrected chi connectivity index (χ0v) is 12.8. The molecule has 0 fully saturated rings. The number of rotatable bonds is 3. The van der Waals surface area contributed by atoms with Crippen LogP contribution in [0.4, 0.5) is 0 Å². The van der Waals surface area contributed by atoms with Gasteiger partial charge in [0.1, 0.15) is 5.69 Å². The zero-order valence-electron chi connectivity index (χ0n) is 11.2. The molecule has 0 aliphatic heterocycles. The maximum absolute atomic E-state index is 11.3. The molecule has 0 aliphatic rings. The molecule has 104 valence electrons. The summed E-state index contributed by atoms with van der Waals surface area (Å²) in [5, 5.41) is 4.44. The van der Waals surface area contributed by atoms with Crippen LogP contribution >= 0.6 is 15.9 Å². The van der Waals surface area contributed by atoms with Gasteiger partial charge < -0.3 is 0 Å². The predicted octanol–water partition coefficient (Wildman–Crippen LogP) is 3.21. The van der Waals surface area contributed by atoms with Crippen LogP contribution in [0.25, 0.3) is 17.2 Å². The summed E-state index contributed by atoms with van der Waals surface area (Å²) in [7, 11) is 0. The number of hydrogen-bond donors (Lipinski definition) is 0. The van der Waals surface area contributed by atoms with Crippen molar-refractivity contribution in [3.8, 4) is 17.2 Å². The number of aromatic nitrogens is 4. The maximum Gasteiger partial charge on any atom is 0.250 e. The van der Waals surface area contributed by atoms with Gasteiger partial charge in [0.2, 0.25) is 5.95 Å². The van der Waals surface area contributed by atoms with Gasteiger partial charge in [0.15, 0.2) is 6.29 Å². The molecule has 0 unspecified atom stereocenters. The van der Waals surface area contributed by atoms with Crippen LogP contribution in [0.5, 0.6) is 0 Å². The van der Waals surface area contributed by atoms with Crippen LogP contribution in [0.15, 0.2) is 47.3 Å². The number of carbonyl (C=O) groups excluding carboxylic acids is 1. The highest BCUT2D eigenvalue weighted by atomic mass is 79.9. The van der Waals surface area contributed by atoms with Crippen molar-refractivity contribution in [3.05, 3.63) is 58.5 Å². The molecule has 21 heavy (non-hydrogen) atoms. The first-order chi connectivity index (χ1) is 10.2. The van der Waals surface area contributed by atoms with E-state index in [4.69, 9.17) is 0 Å². The fourth-order valence-electron chi connectivity index (χ4n) is 2.08. The monoisotopic (exact) mass is 342 g/mol. The second-order valence-corrected chi connectivity index (χ2v) is 5.48. The first-order valence-corrected chi connectivity index (χ1v) is 7.06. The Hall–Kier alpha value is -2.34. The van der Waals surface area contributed by atoms with Crippen LogP contribution in [0.1, 0.15) is 15.9 Å². The second kappa shape index (κ2) is 5.57. The Morgan fingerprint density at radius 3 is 2.62 bits per heavy atom. The van der Waals surface area contributed by atoms with Gasteiger partial charge >= 0.3 is 0 Å². The summed E-state index contributed by atoms with van der Waals surface area (Å²) in [4.78, 5) is 19.6. The third-order valence-electron chi connectivity index (χ3n) is 2.94. The number of halogens is 1. The molecule has 0 spiro atoms. The normalized spacial score (nSPS) is 10.6. The summed E-state index contributed by atoms with van der Waals surface area (Å²) in [5.74, 6) is 0.429. The molecule has 6 heteroatoms. The fraction of sp³-hybridized carbons (Fsp3) is 0.0667. The number of hydrogen-bond acceptors (Lipinski definition) is 4. The number of nitrogens with zero attached hydrogens (tertiary/aromatic N) is 4. The molecule has 2 aromatic heterocycles. The molecule has 0 radical (unpaired) electrons. The van der Waals surface area contributed by atoms with Gasteiger partial charge in [-0.1, -0.05) is 15.9 Å². The van der Waals surface area contributed by atoms with Crippen molar-refractivity contribution in [2.75, 3.05) is 0 Å². The van der Waals surface area contributed by atoms with Gasteiger partial charge in [-0.05, 0) is 36.8 Å². The highest BCUT2D eigenvalue weighted by Gasteiger charge is 2.13. The zero-order chi connectivity index (χ0) is 14.8. The van der Waals surface area contributed by atoms with Crippen LogP contribution in [-0.2, 0) is 0 Å². The molecule has 2 heterocycles. The molecule has 0 saturated heterocycles. The molecule has 1 aromatic carbocycles. The van der Waals surface area contributed by atoms with E-state index in [0.717, 1.165) is 21.9 Å². The Labute approximate surface area is 129 Å². The van der Waals surface area contributed by atoms with E-state index in [9.17, 15) is 4.79 Å². The predicted molar refractivity (Wildman–Crippen MR) is 82.4 cm³/mol. The highest BCUT2D eigenvalue weighted by Crippen LogP contribution is 2.26. The fourth-order valence-corrected chi connectivity index (χ4v) is 2.69. The number of carbonyl (C=O) groups is 1. The van der Waals surface area contributed by atoms with Gasteiger partial charge in [0, 0.05) is 28.6 Å². The van der Waals surface area contributed by atoms with Crippen LogP contribution < -0.4 is 0 Å².